The van der Waals surface area contributed by atoms with E-state index >= 15 is 0 Å². The van der Waals surface area contributed by atoms with Gasteiger partial charge in [0.25, 0.3) is 0 Å². The molecule has 1 saturated carbocycles. The lowest BCUT2D eigenvalue weighted by molar-refractivity contribution is 0.362. The van der Waals surface area contributed by atoms with Gasteiger partial charge in [0.1, 0.15) is 11.8 Å². The first-order valence-corrected chi connectivity index (χ1v) is 6.91. The van der Waals surface area contributed by atoms with E-state index in [1.807, 2.05) is 24.3 Å². The van der Waals surface area contributed by atoms with Gasteiger partial charge in [-0.1, -0.05) is 26.0 Å². The largest absolute Gasteiger partial charge is 0.479 e. The molecule has 3 nitrogen and oxygen atoms in total. The predicted octanol–water partition coefficient (Wildman–Crippen LogP) is 3.26. The van der Waals surface area contributed by atoms with Crippen LogP contribution < -0.4 is 10.1 Å². The molecule has 1 aromatic carbocycles. The molecule has 0 amide bonds. The minimum Gasteiger partial charge on any atom is -0.479 e. The number of hydrogen-bond acceptors (Lipinski definition) is 3. The van der Waals surface area contributed by atoms with Crippen LogP contribution >= 0.6 is 0 Å². The number of nitrogens with one attached hydrogen (secondary N) is 1. The molecule has 1 fully saturated rings. The lowest BCUT2D eigenvalue weighted by atomic mass is 9.92. The molecule has 0 aromatic heterocycles. The summed E-state index contributed by atoms with van der Waals surface area (Å²) in [6.07, 6.45) is 3.81. The van der Waals surface area contributed by atoms with Gasteiger partial charge in [-0.05, 0) is 42.4 Å². The van der Waals surface area contributed by atoms with E-state index < -0.39 is 0 Å². The normalized spacial score (nSPS) is 21.0. The van der Waals surface area contributed by atoms with E-state index in [1.54, 1.807) is 0 Å². The minimum atomic E-state index is 0.105. The van der Waals surface area contributed by atoms with Crippen LogP contribution in [0.5, 0.6) is 5.75 Å². The second kappa shape index (κ2) is 6.08. The molecule has 102 valence electrons. The van der Waals surface area contributed by atoms with Crippen molar-refractivity contribution in [1.29, 1.82) is 5.26 Å². The second-order valence-electron chi connectivity index (χ2n) is 6.08. The lowest BCUT2D eigenvalue weighted by Crippen LogP contribution is -2.26. The fraction of sp³-hybridized carbons (Fsp3) is 0.562. The highest BCUT2D eigenvalue weighted by Gasteiger charge is 2.30. The van der Waals surface area contributed by atoms with Gasteiger partial charge in [-0.25, -0.2) is 0 Å². The third-order valence-corrected chi connectivity index (χ3v) is 3.77. The number of nitriles is 1. The number of hydrogen-bond donors (Lipinski definition) is 1. The Morgan fingerprint density at radius 1 is 1.47 bits per heavy atom. The van der Waals surface area contributed by atoms with Gasteiger partial charge in [0, 0.05) is 12.6 Å². The molecule has 0 heterocycles. The fourth-order valence-corrected chi connectivity index (χ4v) is 2.73. The molecule has 1 N–H and O–H groups in total. The van der Waals surface area contributed by atoms with Crippen molar-refractivity contribution in [3.63, 3.8) is 0 Å². The molecule has 0 aliphatic heterocycles. The highest BCUT2D eigenvalue weighted by Crippen LogP contribution is 2.36. The second-order valence-corrected chi connectivity index (χ2v) is 6.08. The Morgan fingerprint density at radius 3 is 3.00 bits per heavy atom. The van der Waals surface area contributed by atoms with Gasteiger partial charge in [-0.15, -0.1) is 0 Å². The van der Waals surface area contributed by atoms with E-state index in [4.69, 9.17) is 10.00 Å². The Hall–Kier alpha value is -1.53. The minimum absolute atomic E-state index is 0.105. The van der Waals surface area contributed by atoms with Crippen molar-refractivity contribution in [2.75, 3.05) is 6.61 Å². The standard InChI is InChI=1S/C16H22N2O/c1-16(2)7-6-14(11-16)18-12-13-4-3-5-15(10-13)19-9-8-17/h3-5,10,14,18H,6-7,9,11-12H2,1-2H3. The average molecular weight is 258 g/mol. The van der Waals surface area contributed by atoms with Gasteiger partial charge in [-0.3, -0.25) is 0 Å². The Kier molecular flexibility index (Phi) is 4.44. The molecule has 0 radical (unpaired) electrons. The van der Waals surface area contributed by atoms with E-state index in [9.17, 15) is 0 Å². The monoisotopic (exact) mass is 258 g/mol. The molecular weight excluding hydrogens is 236 g/mol. The van der Waals surface area contributed by atoms with Gasteiger partial charge in [0.05, 0.1) is 0 Å². The van der Waals surface area contributed by atoms with E-state index in [0.717, 1.165) is 12.3 Å². The number of rotatable bonds is 5. The third-order valence-electron chi connectivity index (χ3n) is 3.77. The Bertz CT molecular complexity index is 462. The first kappa shape index (κ1) is 13.9. The van der Waals surface area contributed by atoms with Crippen LogP contribution in [0.15, 0.2) is 24.3 Å². The van der Waals surface area contributed by atoms with Crippen LogP contribution in [0.4, 0.5) is 0 Å². The van der Waals surface area contributed by atoms with Crippen molar-refractivity contribution in [3.05, 3.63) is 29.8 Å². The van der Waals surface area contributed by atoms with Crippen molar-refractivity contribution in [1.82, 2.24) is 5.32 Å². The van der Waals surface area contributed by atoms with Crippen LogP contribution in [0.1, 0.15) is 38.7 Å². The molecule has 0 saturated heterocycles. The Morgan fingerprint density at radius 2 is 2.32 bits per heavy atom. The molecule has 1 unspecified atom stereocenters. The van der Waals surface area contributed by atoms with Crippen molar-refractivity contribution < 1.29 is 4.74 Å². The van der Waals surface area contributed by atoms with Gasteiger partial charge in [0.2, 0.25) is 0 Å². The SMILES string of the molecule is CC1(C)CCC(NCc2cccc(OCC#N)c2)C1. The van der Waals surface area contributed by atoms with Gasteiger partial charge in [-0.2, -0.15) is 5.26 Å². The maximum absolute atomic E-state index is 8.51. The zero-order valence-corrected chi connectivity index (χ0v) is 11.8. The summed E-state index contributed by atoms with van der Waals surface area (Å²) >= 11 is 0. The molecule has 1 aromatic rings. The molecule has 0 spiro atoms. The number of ether oxygens (including phenoxy) is 1. The predicted molar refractivity (Wildman–Crippen MR) is 75.8 cm³/mol. The summed E-state index contributed by atoms with van der Waals surface area (Å²) in [7, 11) is 0. The maximum atomic E-state index is 8.51. The molecule has 0 bridgehead atoms. The molecular formula is C16H22N2O. The van der Waals surface area contributed by atoms with Gasteiger partial charge < -0.3 is 10.1 Å². The van der Waals surface area contributed by atoms with Crippen molar-refractivity contribution in [2.24, 2.45) is 5.41 Å². The topological polar surface area (TPSA) is 45.0 Å². The molecule has 19 heavy (non-hydrogen) atoms. The fourth-order valence-electron chi connectivity index (χ4n) is 2.73. The summed E-state index contributed by atoms with van der Waals surface area (Å²) in [5, 5.41) is 12.1. The van der Waals surface area contributed by atoms with Crippen LogP contribution in [-0.4, -0.2) is 12.6 Å². The van der Waals surface area contributed by atoms with Crippen LogP contribution in [0, 0.1) is 16.7 Å². The highest BCUT2D eigenvalue weighted by molar-refractivity contribution is 5.28. The zero-order valence-electron chi connectivity index (χ0n) is 11.8. The van der Waals surface area contributed by atoms with E-state index in [-0.39, 0.29) is 6.61 Å². The third kappa shape index (κ3) is 4.25. The van der Waals surface area contributed by atoms with E-state index in [2.05, 4.69) is 25.2 Å². The molecule has 1 atom stereocenters. The van der Waals surface area contributed by atoms with E-state index in [1.165, 1.54) is 24.8 Å². The summed E-state index contributed by atoms with van der Waals surface area (Å²) in [6, 6.07) is 10.6. The summed E-state index contributed by atoms with van der Waals surface area (Å²) in [5.41, 5.74) is 1.69. The van der Waals surface area contributed by atoms with Crippen LogP contribution in [-0.2, 0) is 6.54 Å². The zero-order chi connectivity index (χ0) is 13.7. The Balaban J connectivity index is 1.84. The van der Waals surface area contributed by atoms with Gasteiger partial charge >= 0.3 is 0 Å². The molecule has 1 aliphatic rings. The van der Waals surface area contributed by atoms with Crippen LogP contribution in [0.2, 0.25) is 0 Å². The highest BCUT2D eigenvalue weighted by atomic mass is 16.5. The molecule has 3 heteroatoms. The van der Waals surface area contributed by atoms with Crippen molar-refractivity contribution in [2.45, 2.75) is 45.7 Å². The van der Waals surface area contributed by atoms with E-state index in [0.29, 0.717) is 11.5 Å². The Labute approximate surface area is 115 Å². The average Bonchev–Trinajstić information content (AvgIpc) is 2.74. The lowest BCUT2D eigenvalue weighted by Gasteiger charge is -2.18. The van der Waals surface area contributed by atoms with Crippen LogP contribution in [0.3, 0.4) is 0 Å². The molecule has 1 aliphatic carbocycles. The first-order chi connectivity index (χ1) is 9.09. The summed E-state index contributed by atoms with van der Waals surface area (Å²) in [4.78, 5) is 0. The maximum Gasteiger partial charge on any atom is 0.174 e. The smallest absolute Gasteiger partial charge is 0.174 e. The summed E-state index contributed by atoms with van der Waals surface area (Å²) < 4.78 is 5.31. The summed E-state index contributed by atoms with van der Waals surface area (Å²) in [5.74, 6) is 0.771. The van der Waals surface area contributed by atoms with Gasteiger partial charge in [0.15, 0.2) is 6.61 Å². The number of nitrogens with zero attached hydrogens (tertiary/aromatic N) is 1. The van der Waals surface area contributed by atoms with Crippen LogP contribution in [0.25, 0.3) is 0 Å². The first-order valence-electron chi connectivity index (χ1n) is 6.91. The number of benzene rings is 1. The van der Waals surface area contributed by atoms with Crippen molar-refractivity contribution >= 4 is 0 Å². The van der Waals surface area contributed by atoms with Crippen molar-refractivity contribution in [3.8, 4) is 11.8 Å². The quantitative estimate of drug-likeness (QED) is 0.881. The summed E-state index contributed by atoms with van der Waals surface area (Å²) in [6.45, 7) is 5.65. The molecule has 2 rings (SSSR count).